The predicted octanol–water partition coefficient (Wildman–Crippen LogP) is 1.32. The summed E-state index contributed by atoms with van der Waals surface area (Å²) in [6.45, 7) is 3.65. The summed E-state index contributed by atoms with van der Waals surface area (Å²) in [5.41, 5.74) is 1.58. The van der Waals surface area contributed by atoms with Crippen molar-refractivity contribution in [2.24, 2.45) is 0 Å². The van der Waals surface area contributed by atoms with E-state index < -0.39 is 5.97 Å². The van der Waals surface area contributed by atoms with Crippen LogP contribution < -0.4 is 4.90 Å². The van der Waals surface area contributed by atoms with Crippen LogP contribution in [0.1, 0.15) is 37.1 Å². The van der Waals surface area contributed by atoms with Gasteiger partial charge in [-0.1, -0.05) is 12.8 Å². The molecule has 1 aromatic rings. The van der Waals surface area contributed by atoms with Crippen LogP contribution in [0.15, 0.2) is 0 Å². The lowest BCUT2D eigenvalue weighted by Crippen LogP contribution is -2.39. The quantitative estimate of drug-likeness (QED) is 0.868. The van der Waals surface area contributed by atoms with Gasteiger partial charge in [0.2, 0.25) is 5.95 Å². The molecule has 1 aliphatic carbocycles. The van der Waals surface area contributed by atoms with Crippen LogP contribution in [0.4, 0.5) is 5.95 Å². The van der Waals surface area contributed by atoms with Gasteiger partial charge in [0.25, 0.3) is 0 Å². The third-order valence-electron chi connectivity index (χ3n) is 3.41. The van der Waals surface area contributed by atoms with Gasteiger partial charge in [-0.2, -0.15) is 5.10 Å². The highest BCUT2D eigenvalue weighted by Gasteiger charge is 2.26. The zero-order valence-electron chi connectivity index (χ0n) is 10.8. The van der Waals surface area contributed by atoms with E-state index in [1.165, 1.54) is 0 Å². The van der Waals surface area contributed by atoms with Crippen LogP contribution >= 0.6 is 0 Å². The summed E-state index contributed by atoms with van der Waals surface area (Å²) in [4.78, 5) is 17.1. The first-order valence-electron chi connectivity index (χ1n) is 6.24. The van der Waals surface area contributed by atoms with E-state index in [-0.39, 0.29) is 12.6 Å². The third kappa shape index (κ3) is 2.75. The standard InChI is InChI=1S/C12H18N4O2/c1-8-9(2)14-15-12(13-8)16(7-11(17)18)10-5-3-4-6-10/h10H,3-7H2,1-2H3,(H,17,18). The largest absolute Gasteiger partial charge is 0.480 e. The van der Waals surface area contributed by atoms with Gasteiger partial charge in [0.05, 0.1) is 11.4 Å². The molecule has 0 aliphatic heterocycles. The first-order chi connectivity index (χ1) is 8.58. The fraction of sp³-hybridized carbons (Fsp3) is 0.667. The smallest absolute Gasteiger partial charge is 0.323 e. The van der Waals surface area contributed by atoms with Crippen LogP contribution in [-0.4, -0.2) is 38.8 Å². The first-order valence-corrected chi connectivity index (χ1v) is 6.24. The maximum Gasteiger partial charge on any atom is 0.323 e. The molecule has 1 N–H and O–H groups in total. The van der Waals surface area contributed by atoms with Crippen LogP contribution in [0.3, 0.4) is 0 Å². The molecule has 0 bridgehead atoms. The highest BCUT2D eigenvalue weighted by atomic mass is 16.4. The maximum atomic E-state index is 11.0. The Morgan fingerprint density at radius 3 is 2.50 bits per heavy atom. The molecule has 1 aromatic heterocycles. The zero-order valence-corrected chi connectivity index (χ0v) is 10.8. The normalized spacial score (nSPS) is 15.9. The fourth-order valence-corrected chi connectivity index (χ4v) is 2.29. The molecule has 1 saturated carbocycles. The van der Waals surface area contributed by atoms with E-state index in [0.29, 0.717) is 5.95 Å². The predicted molar refractivity (Wildman–Crippen MR) is 66.5 cm³/mol. The number of rotatable bonds is 4. The van der Waals surface area contributed by atoms with E-state index in [2.05, 4.69) is 15.2 Å². The van der Waals surface area contributed by atoms with Gasteiger partial charge < -0.3 is 10.0 Å². The third-order valence-corrected chi connectivity index (χ3v) is 3.41. The lowest BCUT2D eigenvalue weighted by molar-refractivity contribution is -0.135. The van der Waals surface area contributed by atoms with Crippen molar-refractivity contribution in [3.63, 3.8) is 0 Å². The van der Waals surface area contributed by atoms with Gasteiger partial charge in [-0.25, -0.2) is 4.98 Å². The molecule has 6 heteroatoms. The van der Waals surface area contributed by atoms with E-state index in [1.807, 2.05) is 13.8 Å². The van der Waals surface area contributed by atoms with E-state index in [9.17, 15) is 4.79 Å². The van der Waals surface area contributed by atoms with E-state index >= 15 is 0 Å². The molecule has 1 heterocycles. The second-order valence-electron chi connectivity index (χ2n) is 4.74. The highest BCUT2D eigenvalue weighted by molar-refractivity contribution is 5.72. The summed E-state index contributed by atoms with van der Waals surface area (Å²) < 4.78 is 0. The second kappa shape index (κ2) is 5.29. The Balaban J connectivity index is 2.26. The number of carboxylic acid groups (broad SMARTS) is 1. The summed E-state index contributed by atoms with van der Waals surface area (Å²) in [6.07, 6.45) is 4.28. The number of anilines is 1. The summed E-state index contributed by atoms with van der Waals surface area (Å²) >= 11 is 0. The summed E-state index contributed by atoms with van der Waals surface area (Å²) in [5, 5.41) is 17.1. The van der Waals surface area contributed by atoms with Crippen molar-refractivity contribution in [2.45, 2.75) is 45.6 Å². The van der Waals surface area contributed by atoms with Crippen molar-refractivity contribution in [1.82, 2.24) is 15.2 Å². The van der Waals surface area contributed by atoms with Crippen LogP contribution in [0.25, 0.3) is 0 Å². The highest BCUT2D eigenvalue weighted by Crippen LogP contribution is 2.26. The molecule has 6 nitrogen and oxygen atoms in total. The number of carbonyl (C=O) groups is 1. The number of carboxylic acids is 1. The number of aromatic nitrogens is 3. The Bertz CT molecular complexity index is 444. The fourth-order valence-electron chi connectivity index (χ4n) is 2.29. The molecule has 0 aromatic carbocycles. The SMILES string of the molecule is Cc1nnc(N(CC(=O)O)C2CCCC2)nc1C. The average Bonchev–Trinajstić information content (AvgIpc) is 2.83. The minimum atomic E-state index is -0.858. The second-order valence-corrected chi connectivity index (χ2v) is 4.74. The van der Waals surface area contributed by atoms with Crippen LogP contribution in [0.2, 0.25) is 0 Å². The molecule has 18 heavy (non-hydrogen) atoms. The van der Waals surface area contributed by atoms with Gasteiger partial charge in [0.15, 0.2) is 0 Å². The van der Waals surface area contributed by atoms with E-state index in [4.69, 9.17) is 5.11 Å². The molecule has 0 amide bonds. The van der Waals surface area contributed by atoms with Crippen molar-refractivity contribution in [3.05, 3.63) is 11.4 Å². The molecular weight excluding hydrogens is 232 g/mol. The van der Waals surface area contributed by atoms with Gasteiger partial charge in [0.1, 0.15) is 6.54 Å². The lowest BCUT2D eigenvalue weighted by Gasteiger charge is -2.27. The molecule has 1 fully saturated rings. The molecule has 1 aliphatic rings. The van der Waals surface area contributed by atoms with Gasteiger partial charge in [-0.3, -0.25) is 4.79 Å². The zero-order chi connectivity index (χ0) is 13.1. The Labute approximate surface area is 106 Å². The lowest BCUT2D eigenvalue weighted by atomic mass is 10.2. The molecule has 2 rings (SSSR count). The summed E-state index contributed by atoms with van der Waals surface area (Å²) in [6, 6.07) is 0.227. The number of aryl methyl sites for hydroxylation is 2. The maximum absolute atomic E-state index is 11.0. The average molecular weight is 250 g/mol. The number of hydrogen-bond acceptors (Lipinski definition) is 5. The molecular formula is C12H18N4O2. The number of nitrogens with zero attached hydrogens (tertiary/aromatic N) is 4. The van der Waals surface area contributed by atoms with E-state index in [1.54, 1.807) is 4.90 Å². The van der Waals surface area contributed by atoms with E-state index in [0.717, 1.165) is 37.1 Å². The molecule has 0 radical (unpaired) electrons. The number of hydrogen-bond donors (Lipinski definition) is 1. The van der Waals surface area contributed by atoms with Crippen LogP contribution in [0, 0.1) is 13.8 Å². The topological polar surface area (TPSA) is 79.2 Å². The van der Waals surface area contributed by atoms with Crippen LogP contribution in [0.5, 0.6) is 0 Å². The van der Waals surface area contributed by atoms with Crippen molar-refractivity contribution in [2.75, 3.05) is 11.4 Å². The summed E-state index contributed by atoms with van der Waals surface area (Å²) in [5.74, 6) is -0.420. The molecule has 0 spiro atoms. The summed E-state index contributed by atoms with van der Waals surface area (Å²) in [7, 11) is 0. The number of aliphatic carboxylic acids is 1. The first kappa shape index (κ1) is 12.7. The Kier molecular flexibility index (Phi) is 3.74. The Morgan fingerprint density at radius 2 is 1.94 bits per heavy atom. The molecule has 0 unspecified atom stereocenters. The van der Waals surface area contributed by atoms with Gasteiger partial charge >= 0.3 is 5.97 Å². The molecule has 0 saturated heterocycles. The van der Waals surface area contributed by atoms with Crippen molar-refractivity contribution >= 4 is 11.9 Å². The van der Waals surface area contributed by atoms with Crippen LogP contribution in [-0.2, 0) is 4.79 Å². The van der Waals surface area contributed by atoms with Crippen molar-refractivity contribution < 1.29 is 9.90 Å². The Hall–Kier alpha value is -1.72. The minimum absolute atomic E-state index is 0.0607. The molecule has 98 valence electrons. The van der Waals surface area contributed by atoms with Crippen molar-refractivity contribution in [3.8, 4) is 0 Å². The monoisotopic (exact) mass is 250 g/mol. The van der Waals surface area contributed by atoms with Gasteiger partial charge in [0, 0.05) is 6.04 Å². The van der Waals surface area contributed by atoms with Crippen molar-refractivity contribution in [1.29, 1.82) is 0 Å². The van der Waals surface area contributed by atoms with Gasteiger partial charge in [-0.15, -0.1) is 5.10 Å². The Morgan fingerprint density at radius 1 is 1.28 bits per heavy atom. The van der Waals surface area contributed by atoms with Gasteiger partial charge in [-0.05, 0) is 26.7 Å². The molecule has 0 atom stereocenters. The minimum Gasteiger partial charge on any atom is -0.480 e.